The molecule has 0 aromatic heterocycles. The van der Waals surface area contributed by atoms with E-state index in [1.165, 1.54) is 11.8 Å². The quantitative estimate of drug-likeness (QED) is 0.144. The Balaban J connectivity index is 1.58. The van der Waals surface area contributed by atoms with E-state index in [0.29, 0.717) is 43.6 Å². The van der Waals surface area contributed by atoms with E-state index in [-0.39, 0.29) is 40.0 Å². The van der Waals surface area contributed by atoms with E-state index in [1.807, 2.05) is 6.92 Å². The van der Waals surface area contributed by atoms with Crippen LogP contribution in [-0.4, -0.2) is 74.0 Å². The van der Waals surface area contributed by atoms with Gasteiger partial charge >= 0.3 is 5.97 Å². The number of nitrogens with zero attached hydrogens (tertiary/aromatic N) is 1. The molecule has 0 aliphatic heterocycles. The lowest BCUT2D eigenvalue weighted by Crippen LogP contribution is -2.63. The zero-order valence-electron chi connectivity index (χ0n) is 23.2. The van der Waals surface area contributed by atoms with Gasteiger partial charge in [0.15, 0.2) is 0 Å². The number of rotatable bonds is 7. The molecule has 0 saturated heterocycles. The van der Waals surface area contributed by atoms with Gasteiger partial charge in [0.05, 0.1) is 24.0 Å². The van der Waals surface area contributed by atoms with Crippen molar-refractivity contribution in [2.24, 2.45) is 34.0 Å². The number of ether oxygens (including phenoxy) is 1. The molecule has 0 radical (unpaired) electrons. The minimum absolute atomic E-state index is 0.00937. The van der Waals surface area contributed by atoms with E-state index >= 15 is 0 Å². The van der Waals surface area contributed by atoms with Crippen LogP contribution in [0.25, 0.3) is 0 Å². The van der Waals surface area contributed by atoms with Gasteiger partial charge in [0, 0.05) is 28.4 Å². The number of hydrogen-bond donors (Lipinski definition) is 3. The van der Waals surface area contributed by atoms with Crippen LogP contribution in [0.4, 0.5) is 0 Å². The highest BCUT2D eigenvalue weighted by molar-refractivity contribution is 8.00. The Hall–Kier alpha value is -1.42. The molecule has 214 valence electrons. The van der Waals surface area contributed by atoms with Gasteiger partial charge < -0.3 is 14.9 Å². The Morgan fingerprint density at radius 1 is 1.21 bits per heavy atom. The number of esters is 1. The van der Waals surface area contributed by atoms with Gasteiger partial charge in [-0.2, -0.15) is 0 Å². The largest absolute Gasteiger partial charge is 0.461 e. The number of carbonyl (C=O) groups excluding carboxylic acids is 3. The molecule has 4 rings (SSSR count). The van der Waals surface area contributed by atoms with Crippen molar-refractivity contribution in [2.45, 2.75) is 109 Å². The summed E-state index contributed by atoms with van der Waals surface area (Å²) in [6.07, 6.45) is 4.95. The second-order valence-electron chi connectivity index (χ2n) is 12.9. The summed E-state index contributed by atoms with van der Waals surface area (Å²) in [6.45, 7) is 12.4. The smallest absolute Gasteiger partial charge is 0.316 e. The summed E-state index contributed by atoms with van der Waals surface area (Å²) in [5.74, 6) is -0.396. The Morgan fingerprint density at radius 3 is 2.58 bits per heavy atom. The summed E-state index contributed by atoms with van der Waals surface area (Å²) in [4.78, 5) is 37.8. The molecule has 4 saturated carbocycles. The van der Waals surface area contributed by atoms with Crippen LogP contribution in [0.15, 0.2) is 12.7 Å². The Morgan fingerprint density at radius 2 is 1.92 bits per heavy atom. The fourth-order valence-electron chi connectivity index (χ4n) is 8.47. The Bertz CT molecular complexity index is 946. The maximum atomic E-state index is 13.5. The molecular weight excluding hydrogens is 506 g/mol. The highest BCUT2D eigenvalue weighted by Gasteiger charge is 2.68. The first-order valence-corrected chi connectivity index (χ1v) is 15.1. The highest BCUT2D eigenvalue weighted by Crippen LogP contribution is 2.68. The number of aliphatic hydroxyl groups is 2. The molecule has 8 nitrogen and oxygen atoms in total. The predicted octanol–water partition coefficient (Wildman–Crippen LogP) is 3.76. The lowest BCUT2D eigenvalue weighted by Gasteiger charge is -2.61. The number of carbonyl (C=O) groups is 3. The fraction of sp³-hybridized carbons (Fsp3) is 0.828. The second-order valence-corrected chi connectivity index (χ2v) is 14.2. The van der Waals surface area contributed by atoms with Crippen LogP contribution in [0.1, 0.15) is 79.1 Å². The maximum Gasteiger partial charge on any atom is 0.316 e. The standard InChI is InChI=1S/C29H45NO7S/c1-6-27(4)14-23(37-24(34)15-38-22-13-19(30(36)16-31)7-8-20(22)32)28(5)17(2)9-11-29(18(3)26(27)35)12-10-21(33)25(28)29/h6,16-20,22-23,25-26,32,35-36H,1,7-15H2,2-5H3/t17-,18+,19+,20+,22+,23-,25+,26+,27-,28+,29+/m1/s1. The molecule has 4 aliphatic rings. The molecule has 0 aromatic carbocycles. The SMILES string of the molecule is C=C[C@]1(C)C[C@@H](OC(=O)CS[C@H]2C[C@@H](N(O)C=O)CC[C@@H]2O)[C@]2(C)[C@H](C)CC[C@]3(CCC(=O)[C@H]32)[C@@H](C)[C@@H]1O. The zero-order valence-corrected chi connectivity index (χ0v) is 24.0. The molecule has 0 heterocycles. The molecule has 0 spiro atoms. The molecule has 11 atom stereocenters. The van der Waals surface area contributed by atoms with Crippen LogP contribution in [0.2, 0.25) is 0 Å². The normalized spacial score (nSPS) is 46.9. The van der Waals surface area contributed by atoms with Crippen molar-refractivity contribution in [3.8, 4) is 0 Å². The van der Waals surface area contributed by atoms with Gasteiger partial charge in [-0.25, -0.2) is 5.06 Å². The molecule has 2 bridgehead atoms. The summed E-state index contributed by atoms with van der Waals surface area (Å²) < 4.78 is 6.27. The van der Waals surface area contributed by atoms with Crippen molar-refractivity contribution in [2.75, 3.05) is 5.75 Å². The molecule has 3 N–H and O–H groups in total. The number of ketones is 1. The molecule has 0 unspecified atom stereocenters. The first-order valence-electron chi connectivity index (χ1n) is 14.1. The number of Topliss-reactive ketones (excluding diaryl/α,β-unsaturated/α-hetero) is 1. The van der Waals surface area contributed by atoms with E-state index in [2.05, 4.69) is 27.4 Å². The van der Waals surface area contributed by atoms with Gasteiger partial charge in [-0.15, -0.1) is 18.3 Å². The third kappa shape index (κ3) is 4.75. The van der Waals surface area contributed by atoms with Crippen molar-refractivity contribution in [3.63, 3.8) is 0 Å². The van der Waals surface area contributed by atoms with E-state index in [4.69, 9.17) is 4.74 Å². The van der Waals surface area contributed by atoms with Crippen LogP contribution >= 0.6 is 11.8 Å². The van der Waals surface area contributed by atoms with Crippen molar-refractivity contribution < 1.29 is 34.5 Å². The van der Waals surface area contributed by atoms with E-state index in [1.54, 1.807) is 6.08 Å². The molecule has 0 aromatic rings. The third-order valence-electron chi connectivity index (χ3n) is 11.2. The summed E-state index contributed by atoms with van der Waals surface area (Å²) in [5.41, 5.74) is -1.58. The van der Waals surface area contributed by atoms with Crippen LogP contribution in [0.3, 0.4) is 0 Å². The van der Waals surface area contributed by atoms with Crippen molar-refractivity contribution in [3.05, 3.63) is 12.7 Å². The second kappa shape index (κ2) is 10.9. The topological polar surface area (TPSA) is 124 Å². The first kappa shape index (κ1) is 29.6. The molecule has 38 heavy (non-hydrogen) atoms. The number of hydrogen-bond acceptors (Lipinski definition) is 8. The molecule has 9 heteroatoms. The summed E-state index contributed by atoms with van der Waals surface area (Å²) in [7, 11) is 0. The monoisotopic (exact) mass is 551 g/mol. The summed E-state index contributed by atoms with van der Waals surface area (Å²) in [6, 6.07) is -0.393. The molecular formula is C29H45NO7S. The summed E-state index contributed by atoms with van der Waals surface area (Å²) in [5, 5.41) is 32.2. The maximum absolute atomic E-state index is 13.5. The Labute approximate surface area is 230 Å². The van der Waals surface area contributed by atoms with E-state index in [9.17, 15) is 29.8 Å². The zero-order chi connectivity index (χ0) is 28.0. The van der Waals surface area contributed by atoms with Crippen LogP contribution < -0.4 is 0 Å². The molecule has 4 fully saturated rings. The van der Waals surface area contributed by atoms with Gasteiger partial charge in [0.1, 0.15) is 11.9 Å². The van der Waals surface area contributed by atoms with Crippen LogP contribution in [-0.2, 0) is 19.1 Å². The van der Waals surface area contributed by atoms with Crippen molar-refractivity contribution in [1.29, 1.82) is 0 Å². The average molecular weight is 552 g/mol. The lowest BCUT2D eigenvalue weighted by atomic mass is 9.44. The molecule has 1 amide bonds. The van der Waals surface area contributed by atoms with Crippen LogP contribution in [0.5, 0.6) is 0 Å². The third-order valence-corrected chi connectivity index (χ3v) is 12.5. The average Bonchev–Trinajstić information content (AvgIpc) is 3.26. The van der Waals surface area contributed by atoms with Gasteiger partial charge in [0.2, 0.25) is 6.41 Å². The van der Waals surface area contributed by atoms with Gasteiger partial charge in [0.25, 0.3) is 0 Å². The van der Waals surface area contributed by atoms with Crippen molar-refractivity contribution >= 4 is 29.9 Å². The minimum Gasteiger partial charge on any atom is -0.461 e. The van der Waals surface area contributed by atoms with E-state index in [0.717, 1.165) is 19.3 Å². The van der Waals surface area contributed by atoms with Gasteiger partial charge in [-0.1, -0.05) is 33.8 Å². The Kier molecular flexibility index (Phi) is 8.45. The first-order chi connectivity index (χ1) is 17.8. The molecule has 4 aliphatic carbocycles. The van der Waals surface area contributed by atoms with Crippen LogP contribution in [0, 0.1) is 34.0 Å². The highest BCUT2D eigenvalue weighted by atomic mass is 32.2. The number of aliphatic hydroxyl groups excluding tert-OH is 2. The van der Waals surface area contributed by atoms with Gasteiger partial charge in [-0.3, -0.25) is 19.6 Å². The lowest BCUT2D eigenvalue weighted by molar-refractivity contribution is -0.205. The predicted molar refractivity (Wildman–Crippen MR) is 144 cm³/mol. The fourth-order valence-corrected chi connectivity index (χ4v) is 9.60. The van der Waals surface area contributed by atoms with E-state index < -0.39 is 41.2 Å². The van der Waals surface area contributed by atoms with Crippen molar-refractivity contribution in [1.82, 2.24) is 5.06 Å². The number of thioether (sulfide) groups is 1. The minimum atomic E-state index is -0.713. The number of hydroxylamine groups is 2. The summed E-state index contributed by atoms with van der Waals surface area (Å²) >= 11 is 1.28. The number of amides is 1. The van der Waals surface area contributed by atoms with Gasteiger partial charge in [-0.05, 0) is 62.2 Å².